The molecule has 2 aromatic carbocycles. The van der Waals surface area contributed by atoms with Gasteiger partial charge in [0.25, 0.3) is 0 Å². The van der Waals surface area contributed by atoms with Gasteiger partial charge in [0, 0.05) is 28.3 Å². The van der Waals surface area contributed by atoms with Crippen LogP contribution in [-0.2, 0) is 36.1 Å². The van der Waals surface area contributed by atoms with Crippen LogP contribution in [0.4, 0.5) is 4.39 Å². The Labute approximate surface area is 265 Å². The van der Waals surface area contributed by atoms with Crippen molar-refractivity contribution >= 4 is 46.9 Å². The number of amides is 2. The summed E-state index contributed by atoms with van der Waals surface area (Å²) in [6.07, 6.45) is -0.0865. The van der Waals surface area contributed by atoms with E-state index in [9.17, 15) is 28.7 Å². The summed E-state index contributed by atoms with van der Waals surface area (Å²) in [5.41, 5.74) is 0.792. The Morgan fingerprint density at radius 1 is 1.18 bits per heavy atom. The van der Waals surface area contributed by atoms with Gasteiger partial charge in [0.05, 0.1) is 44.5 Å². The van der Waals surface area contributed by atoms with Gasteiger partial charge in [0.15, 0.2) is 5.78 Å². The number of carbonyl (C=O) groups is 4. The average molecular weight is 653 g/mol. The number of ketones is 1. The van der Waals surface area contributed by atoms with E-state index in [4.69, 9.17) is 25.8 Å². The molecule has 2 amide bonds. The van der Waals surface area contributed by atoms with Gasteiger partial charge in [-0.3, -0.25) is 19.2 Å². The third-order valence-corrected chi connectivity index (χ3v) is 8.11. The third kappa shape index (κ3) is 10.7. The minimum absolute atomic E-state index is 0.0826. The van der Waals surface area contributed by atoms with E-state index in [-0.39, 0.29) is 40.5 Å². The Kier molecular flexibility index (Phi) is 13.7. The molecule has 3 rings (SSSR count). The molecule has 1 aliphatic heterocycles. The fourth-order valence-electron chi connectivity index (χ4n) is 4.50. The second-order valence-corrected chi connectivity index (χ2v) is 12.0. The number of carboxylic acid groups (broad SMARTS) is 1. The van der Waals surface area contributed by atoms with Crippen LogP contribution in [0, 0.1) is 11.7 Å². The van der Waals surface area contributed by atoms with Gasteiger partial charge in [-0.05, 0) is 43.2 Å². The predicted molar refractivity (Wildman–Crippen MR) is 165 cm³/mol. The lowest BCUT2D eigenvalue weighted by atomic mass is 10.0. The molecule has 240 valence electrons. The summed E-state index contributed by atoms with van der Waals surface area (Å²) < 4.78 is 31.1. The van der Waals surface area contributed by atoms with Crippen molar-refractivity contribution in [1.29, 1.82) is 0 Å². The molecule has 3 N–H and O–H groups in total. The lowest BCUT2D eigenvalue weighted by Gasteiger charge is -2.25. The number of Topliss-reactive ketones (excluding diaryl/α,β-unsaturated/α-hetero) is 1. The summed E-state index contributed by atoms with van der Waals surface area (Å²) in [6, 6.07) is 7.07. The molecule has 10 nitrogen and oxygen atoms in total. The van der Waals surface area contributed by atoms with Crippen molar-refractivity contribution in [3.05, 3.63) is 58.4 Å². The number of carboxylic acids is 1. The number of aliphatic carboxylic acids is 1. The molecule has 0 aromatic heterocycles. The van der Waals surface area contributed by atoms with Gasteiger partial charge >= 0.3 is 5.97 Å². The molecule has 44 heavy (non-hydrogen) atoms. The Bertz CT molecular complexity index is 1300. The number of thioether (sulfide) groups is 1. The standard InChI is InChI=1S/C31H38ClFN2O8S/c1-4-42-27-9-8-20(43-21-10-11-41-15-21)12-19(27)13-28(37)35-30(18(2)3)31(40)34-25(14-29(38)39)26(36)17-44-16-22-23(32)6-5-7-24(22)33/h5-9,12,18,21,25,30H,4,10-11,13-17H2,1-3H3,(H,34,40)(H,35,37)(H,38,39)/t21?,25-,30-/m0/s1. The maximum absolute atomic E-state index is 14.1. The lowest BCUT2D eigenvalue weighted by Crippen LogP contribution is -2.54. The van der Waals surface area contributed by atoms with Crippen LogP contribution in [0.1, 0.15) is 44.7 Å². The van der Waals surface area contributed by atoms with Crippen LogP contribution in [0.2, 0.25) is 5.02 Å². The summed E-state index contributed by atoms with van der Waals surface area (Å²) in [5, 5.41) is 14.8. The maximum atomic E-state index is 14.1. The number of halogens is 2. The Balaban J connectivity index is 1.65. The molecular weight excluding hydrogens is 615 g/mol. The normalized spacial score (nSPS) is 15.8. The number of hydrogen-bond donors (Lipinski definition) is 3. The van der Waals surface area contributed by atoms with E-state index in [0.717, 1.165) is 18.2 Å². The number of ether oxygens (including phenoxy) is 3. The van der Waals surface area contributed by atoms with E-state index >= 15 is 0 Å². The molecule has 0 radical (unpaired) electrons. The lowest BCUT2D eigenvalue weighted by molar-refractivity contribution is -0.140. The molecule has 0 spiro atoms. The fraction of sp³-hybridized carbons (Fsp3) is 0.484. The van der Waals surface area contributed by atoms with Crippen molar-refractivity contribution in [3.8, 4) is 11.5 Å². The minimum atomic E-state index is -1.35. The molecule has 2 aromatic rings. The van der Waals surface area contributed by atoms with Crippen molar-refractivity contribution < 1.29 is 42.9 Å². The number of carbonyl (C=O) groups excluding carboxylic acids is 3. The van der Waals surface area contributed by atoms with Crippen LogP contribution in [-0.4, -0.2) is 72.4 Å². The molecule has 3 atom stereocenters. The number of benzene rings is 2. The number of hydrogen-bond acceptors (Lipinski definition) is 8. The second kappa shape index (κ2) is 17.2. The van der Waals surface area contributed by atoms with Crippen molar-refractivity contribution in [1.82, 2.24) is 10.6 Å². The van der Waals surface area contributed by atoms with E-state index in [1.165, 1.54) is 18.2 Å². The van der Waals surface area contributed by atoms with Crippen molar-refractivity contribution in [3.63, 3.8) is 0 Å². The number of nitrogens with one attached hydrogen (secondary N) is 2. The quantitative estimate of drug-likeness (QED) is 0.229. The zero-order valence-corrected chi connectivity index (χ0v) is 26.5. The molecular formula is C31H38ClFN2O8S. The molecule has 0 aliphatic carbocycles. The zero-order valence-electron chi connectivity index (χ0n) is 24.9. The van der Waals surface area contributed by atoms with Crippen LogP contribution >= 0.6 is 23.4 Å². The van der Waals surface area contributed by atoms with Crippen LogP contribution in [0.3, 0.4) is 0 Å². The van der Waals surface area contributed by atoms with Gasteiger partial charge in [0.2, 0.25) is 11.8 Å². The van der Waals surface area contributed by atoms with Gasteiger partial charge in [-0.2, -0.15) is 0 Å². The number of rotatable bonds is 17. The van der Waals surface area contributed by atoms with E-state index in [1.54, 1.807) is 32.0 Å². The van der Waals surface area contributed by atoms with Crippen LogP contribution < -0.4 is 20.1 Å². The molecule has 1 heterocycles. The minimum Gasteiger partial charge on any atom is -0.494 e. The van der Waals surface area contributed by atoms with E-state index in [1.807, 2.05) is 6.92 Å². The first-order valence-electron chi connectivity index (χ1n) is 14.3. The highest BCUT2D eigenvalue weighted by Gasteiger charge is 2.30. The summed E-state index contributed by atoms with van der Waals surface area (Å²) in [5.74, 6) is -2.95. The topological polar surface area (TPSA) is 140 Å². The molecule has 0 saturated carbocycles. The van der Waals surface area contributed by atoms with Gasteiger partial charge in [-0.25, -0.2) is 4.39 Å². The SMILES string of the molecule is CCOc1ccc(OC2CCOC2)cc1CC(=O)N[C@H](C(=O)N[C@@H](CC(=O)O)C(=O)CSCc1c(F)cccc1Cl)C(C)C. The van der Waals surface area contributed by atoms with Crippen LogP contribution in [0.15, 0.2) is 36.4 Å². The van der Waals surface area contributed by atoms with Gasteiger partial charge < -0.3 is 30.0 Å². The summed E-state index contributed by atoms with van der Waals surface area (Å²) in [4.78, 5) is 50.9. The first-order valence-corrected chi connectivity index (χ1v) is 15.9. The first-order chi connectivity index (χ1) is 21.0. The Hall–Kier alpha value is -3.35. The first kappa shape index (κ1) is 35.1. The second-order valence-electron chi connectivity index (χ2n) is 10.6. The summed E-state index contributed by atoms with van der Waals surface area (Å²) in [6.45, 7) is 6.75. The highest BCUT2D eigenvalue weighted by atomic mass is 35.5. The zero-order chi connectivity index (χ0) is 32.2. The molecule has 1 fully saturated rings. The highest BCUT2D eigenvalue weighted by Crippen LogP contribution is 2.27. The molecule has 1 saturated heterocycles. The summed E-state index contributed by atoms with van der Waals surface area (Å²) >= 11 is 7.09. The smallest absolute Gasteiger partial charge is 0.305 e. The Morgan fingerprint density at radius 2 is 1.95 bits per heavy atom. The monoisotopic (exact) mass is 652 g/mol. The predicted octanol–water partition coefficient (Wildman–Crippen LogP) is 4.19. The van der Waals surface area contributed by atoms with E-state index in [2.05, 4.69) is 10.6 Å². The highest BCUT2D eigenvalue weighted by molar-refractivity contribution is 7.99. The van der Waals surface area contributed by atoms with Gasteiger partial charge in [0.1, 0.15) is 29.5 Å². The van der Waals surface area contributed by atoms with Gasteiger partial charge in [-0.1, -0.05) is 31.5 Å². The van der Waals surface area contributed by atoms with E-state index in [0.29, 0.717) is 36.9 Å². The van der Waals surface area contributed by atoms with Crippen LogP contribution in [0.25, 0.3) is 0 Å². The molecule has 13 heteroatoms. The molecule has 1 aliphatic rings. The fourth-order valence-corrected chi connectivity index (χ4v) is 5.81. The maximum Gasteiger partial charge on any atom is 0.305 e. The molecule has 1 unspecified atom stereocenters. The Morgan fingerprint density at radius 3 is 2.59 bits per heavy atom. The van der Waals surface area contributed by atoms with Crippen molar-refractivity contribution in [2.24, 2.45) is 5.92 Å². The largest absolute Gasteiger partial charge is 0.494 e. The van der Waals surface area contributed by atoms with Crippen LogP contribution in [0.5, 0.6) is 11.5 Å². The third-order valence-electron chi connectivity index (χ3n) is 6.78. The van der Waals surface area contributed by atoms with Gasteiger partial charge in [-0.15, -0.1) is 11.8 Å². The van der Waals surface area contributed by atoms with Crippen molar-refractivity contribution in [2.45, 2.75) is 64.0 Å². The van der Waals surface area contributed by atoms with E-state index < -0.39 is 47.9 Å². The summed E-state index contributed by atoms with van der Waals surface area (Å²) in [7, 11) is 0. The average Bonchev–Trinajstić information content (AvgIpc) is 3.47. The van der Waals surface area contributed by atoms with Crippen molar-refractivity contribution in [2.75, 3.05) is 25.6 Å². The molecule has 0 bridgehead atoms.